The van der Waals surface area contributed by atoms with Gasteiger partial charge in [-0.1, -0.05) is 13.3 Å². The van der Waals surface area contributed by atoms with Crippen LogP contribution in [0.3, 0.4) is 0 Å². The summed E-state index contributed by atoms with van der Waals surface area (Å²) in [6.07, 6.45) is 3.31. The first-order valence-electron chi connectivity index (χ1n) is 4.95. The fraction of sp³-hybridized carbons (Fsp3) is 0.636. The first kappa shape index (κ1) is 9.22. The van der Waals surface area contributed by atoms with Crippen LogP contribution in [0.2, 0.25) is 0 Å². The fourth-order valence-corrected chi connectivity index (χ4v) is 3.05. The maximum atomic E-state index is 10.2. The van der Waals surface area contributed by atoms with Gasteiger partial charge in [0.1, 0.15) is 5.60 Å². The van der Waals surface area contributed by atoms with Gasteiger partial charge in [0.05, 0.1) is 0 Å². The van der Waals surface area contributed by atoms with Crippen LogP contribution < -0.4 is 0 Å². The summed E-state index contributed by atoms with van der Waals surface area (Å²) < 4.78 is 0. The predicted molar refractivity (Wildman–Crippen MR) is 56.0 cm³/mol. The number of aryl methyl sites for hydroxylation is 1. The highest BCUT2D eigenvalue weighted by Gasteiger charge is 2.53. The SMILES string of the molecule is CCCC1CC1(O)c1cc(C)cs1. The summed E-state index contributed by atoms with van der Waals surface area (Å²) in [5.74, 6) is 0.524. The molecule has 2 unspecified atom stereocenters. The maximum absolute atomic E-state index is 10.2. The summed E-state index contributed by atoms with van der Waals surface area (Å²) in [4.78, 5) is 1.17. The van der Waals surface area contributed by atoms with Crippen molar-refractivity contribution in [3.63, 3.8) is 0 Å². The van der Waals surface area contributed by atoms with Crippen LogP contribution in [0.25, 0.3) is 0 Å². The smallest absolute Gasteiger partial charge is 0.102 e. The average Bonchev–Trinajstić information content (AvgIpc) is 2.57. The minimum atomic E-state index is -0.449. The van der Waals surface area contributed by atoms with Crippen molar-refractivity contribution < 1.29 is 5.11 Å². The van der Waals surface area contributed by atoms with E-state index >= 15 is 0 Å². The quantitative estimate of drug-likeness (QED) is 0.787. The Kier molecular flexibility index (Phi) is 2.20. The van der Waals surface area contributed by atoms with Crippen molar-refractivity contribution in [1.82, 2.24) is 0 Å². The molecule has 0 spiro atoms. The van der Waals surface area contributed by atoms with Gasteiger partial charge in [0, 0.05) is 4.88 Å². The molecule has 0 saturated heterocycles. The summed E-state index contributed by atoms with van der Waals surface area (Å²) in [6.45, 7) is 4.26. The van der Waals surface area contributed by atoms with Gasteiger partial charge in [0.2, 0.25) is 0 Å². The lowest BCUT2D eigenvalue weighted by Crippen LogP contribution is -2.05. The Morgan fingerprint density at radius 1 is 1.69 bits per heavy atom. The van der Waals surface area contributed by atoms with Gasteiger partial charge in [-0.25, -0.2) is 0 Å². The van der Waals surface area contributed by atoms with E-state index in [-0.39, 0.29) is 0 Å². The molecule has 72 valence electrons. The zero-order valence-electron chi connectivity index (χ0n) is 8.21. The number of hydrogen-bond donors (Lipinski definition) is 1. The van der Waals surface area contributed by atoms with E-state index in [2.05, 4.69) is 25.3 Å². The van der Waals surface area contributed by atoms with E-state index in [9.17, 15) is 5.11 Å². The van der Waals surface area contributed by atoms with E-state index in [0.29, 0.717) is 5.92 Å². The Morgan fingerprint density at radius 3 is 3.00 bits per heavy atom. The topological polar surface area (TPSA) is 20.2 Å². The maximum Gasteiger partial charge on any atom is 0.102 e. The molecular weight excluding hydrogens is 180 g/mol. The van der Waals surface area contributed by atoms with Crippen LogP contribution in [-0.4, -0.2) is 5.11 Å². The molecule has 1 heterocycles. The van der Waals surface area contributed by atoms with Gasteiger partial charge in [0.25, 0.3) is 0 Å². The third-order valence-electron chi connectivity index (χ3n) is 2.87. The first-order chi connectivity index (χ1) is 6.16. The largest absolute Gasteiger partial charge is 0.384 e. The van der Waals surface area contributed by atoms with Crippen LogP contribution in [0.5, 0.6) is 0 Å². The van der Waals surface area contributed by atoms with Crippen LogP contribution >= 0.6 is 11.3 Å². The molecule has 1 N–H and O–H groups in total. The van der Waals surface area contributed by atoms with Crippen molar-refractivity contribution >= 4 is 11.3 Å². The Bertz CT molecular complexity index is 305. The van der Waals surface area contributed by atoms with Crippen molar-refractivity contribution in [2.24, 2.45) is 5.92 Å². The molecule has 0 bridgehead atoms. The molecule has 1 nitrogen and oxygen atoms in total. The third kappa shape index (κ3) is 1.53. The molecule has 0 aromatic carbocycles. The summed E-state index contributed by atoms with van der Waals surface area (Å²) >= 11 is 1.70. The third-order valence-corrected chi connectivity index (χ3v) is 4.08. The molecule has 1 aliphatic carbocycles. The van der Waals surface area contributed by atoms with Crippen molar-refractivity contribution in [3.8, 4) is 0 Å². The van der Waals surface area contributed by atoms with Gasteiger partial charge in [0.15, 0.2) is 0 Å². The average molecular weight is 196 g/mol. The second kappa shape index (κ2) is 3.10. The minimum absolute atomic E-state index is 0.449. The van der Waals surface area contributed by atoms with Gasteiger partial charge in [-0.3, -0.25) is 0 Å². The highest BCUT2D eigenvalue weighted by molar-refractivity contribution is 7.10. The Hall–Kier alpha value is -0.340. The highest BCUT2D eigenvalue weighted by atomic mass is 32.1. The van der Waals surface area contributed by atoms with E-state index in [4.69, 9.17) is 0 Å². The number of hydrogen-bond acceptors (Lipinski definition) is 2. The van der Waals surface area contributed by atoms with Gasteiger partial charge in [-0.15, -0.1) is 11.3 Å². The Morgan fingerprint density at radius 2 is 2.46 bits per heavy atom. The molecule has 1 aromatic heterocycles. The minimum Gasteiger partial charge on any atom is -0.384 e. The molecule has 1 saturated carbocycles. The Labute approximate surface area is 83.4 Å². The summed E-state index contributed by atoms with van der Waals surface area (Å²) in [7, 11) is 0. The zero-order valence-corrected chi connectivity index (χ0v) is 9.03. The summed E-state index contributed by atoms with van der Waals surface area (Å²) in [6, 6.07) is 2.13. The van der Waals surface area contributed by atoms with Crippen LogP contribution in [0.15, 0.2) is 11.4 Å². The van der Waals surface area contributed by atoms with Crippen LogP contribution in [0, 0.1) is 12.8 Å². The molecule has 2 rings (SSSR count). The van der Waals surface area contributed by atoms with E-state index in [1.54, 1.807) is 11.3 Å². The molecule has 1 aromatic rings. The summed E-state index contributed by atoms with van der Waals surface area (Å²) in [5, 5.41) is 12.3. The first-order valence-corrected chi connectivity index (χ1v) is 5.82. The van der Waals surface area contributed by atoms with E-state index < -0.39 is 5.60 Å². The van der Waals surface area contributed by atoms with Gasteiger partial charge < -0.3 is 5.11 Å². The van der Waals surface area contributed by atoms with E-state index in [0.717, 1.165) is 12.8 Å². The molecule has 0 amide bonds. The van der Waals surface area contributed by atoms with Crippen LogP contribution in [0.4, 0.5) is 0 Å². The van der Waals surface area contributed by atoms with Crippen molar-refractivity contribution in [2.45, 2.75) is 38.7 Å². The van der Waals surface area contributed by atoms with Crippen molar-refractivity contribution in [3.05, 3.63) is 21.9 Å². The zero-order chi connectivity index (χ0) is 9.47. The van der Waals surface area contributed by atoms with Crippen molar-refractivity contribution in [1.29, 1.82) is 0 Å². The Balaban J connectivity index is 2.11. The molecule has 0 aliphatic heterocycles. The molecular formula is C11H16OS. The molecule has 0 radical (unpaired) electrons. The normalized spacial score (nSPS) is 32.1. The summed E-state index contributed by atoms with van der Waals surface area (Å²) in [5.41, 5.74) is 0.824. The van der Waals surface area contributed by atoms with E-state index in [1.807, 2.05) is 0 Å². The lowest BCUT2D eigenvalue weighted by molar-refractivity contribution is 0.133. The molecule has 2 atom stereocenters. The fourth-order valence-electron chi connectivity index (χ4n) is 1.97. The standard InChI is InChI=1S/C11H16OS/c1-3-4-9-6-11(9,12)10-5-8(2)7-13-10/h5,7,9,12H,3-4,6H2,1-2H3. The number of rotatable bonds is 3. The van der Waals surface area contributed by atoms with Gasteiger partial charge >= 0.3 is 0 Å². The number of thiophene rings is 1. The number of aliphatic hydroxyl groups is 1. The highest BCUT2D eigenvalue weighted by Crippen LogP contribution is 2.55. The van der Waals surface area contributed by atoms with E-state index in [1.165, 1.54) is 16.9 Å². The van der Waals surface area contributed by atoms with Crippen molar-refractivity contribution in [2.75, 3.05) is 0 Å². The monoisotopic (exact) mass is 196 g/mol. The second-order valence-corrected chi connectivity index (χ2v) is 5.01. The van der Waals surface area contributed by atoms with Crippen LogP contribution in [-0.2, 0) is 5.60 Å². The lowest BCUT2D eigenvalue weighted by Gasteiger charge is -2.06. The second-order valence-electron chi connectivity index (χ2n) is 4.10. The molecule has 2 heteroatoms. The molecule has 1 fully saturated rings. The predicted octanol–water partition coefficient (Wildman–Crippen LogP) is 3.06. The van der Waals surface area contributed by atoms with Gasteiger partial charge in [-0.05, 0) is 42.7 Å². The lowest BCUT2D eigenvalue weighted by atomic mass is 10.1. The molecule has 13 heavy (non-hydrogen) atoms. The van der Waals surface area contributed by atoms with Crippen LogP contribution in [0.1, 0.15) is 36.6 Å². The van der Waals surface area contributed by atoms with Gasteiger partial charge in [-0.2, -0.15) is 0 Å². The molecule has 1 aliphatic rings.